The van der Waals surface area contributed by atoms with Crippen molar-refractivity contribution in [1.29, 1.82) is 0 Å². The van der Waals surface area contributed by atoms with Crippen LogP contribution in [0.25, 0.3) is 10.1 Å². The lowest BCUT2D eigenvalue weighted by atomic mass is 10.1. The third kappa shape index (κ3) is 4.17. The van der Waals surface area contributed by atoms with Crippen LogP contribution in [0.15, 0.2) is 65.8 Å². The number of rotatable bonds is 4. The van der Waals surface area contributed by atoms with Crippen LogP contribution in [0.3, 0.4) is 0 Å². The number of hydrogen-bond donors (Lipinski definition) is 1. The summed E-state index contributed by atoms with van der Waals surface area (Å²) < 4.78 is 2.61. The van der Waals surface area contributed by atoms with Crippen LogP contribution in [0, 0.1) is 18.8 Å². The van der Waals surface area contributed by atoms with E-state index in [1.165, 1.54) is 11.3 Å². The van der Waals surface area contributed by atoms with E-state index in [0.717, 1.165) is 26.3 Å². The molecule has 30 heavy (non-hydrogen) atoms. The average molecular weight is 414 g/mol. The Bertz CT molecular complexity index is 1340. The Morgan fingerprint density at radius 1 is 1.13 bits per heavy atom. The summed E-state index contributed by atoms with van der Waals surface area (Å²) in [6, 6.07) is 12.3. The standard InChI is InChI=1S/C24H18N2O3S/c1-16-14-26(15-18-5-7-19(8-6-18)24(28)29)23(27)21-13-20(30-22(16)21)4-2-3-17-9-11-25-12-10-17/h5-14H,3,15H2,1H3,(H,28,29). The topological polar surface area (TPSA) is 72.2 Å². The number of hydrogen-bond acceptors (Lipinski definition) is 4. The minimum Gasteiger partial charge on any atom is -0.478 e. The molecule has 3 aromatic heterocycles. The van der Waals surface area contributed by atoms with E-state index in [-0.39, 0.29) is 11.1 Å². The number of benzene rings is 1. The van der Waals surface area contributed by atoms with E-state index in [4.69, 9.17) is 5.11 Å². The van der Waals surface area contributed by atoms with E-state index < -0.39 is 5.97 Å². The van der Waals surface area contributed by atoms with Gasteiger partial charge in [-0.05, 0) is 53.9 Å². The molecule has 0 amide bonds. The first-order valence-electron chi connectivity index (χ1n) is 9.35. The van der Waals surface area contributed by atoms with Crippen LogP contribution in [-0.2, 0) is 13.0 Å². The Labute approximate surface area is 177 Å². The molecule has 0 saturated carbocycles. The minimum atomic E-state index is -0.966. The fourth-order valence-electron chi connectivity index (χ4n) is 3.21. The summed E-state index contributed by atoms with van der Waals surface area (Å²) in [5, 5.41) is 9.69. The molecule has 0 unspecified atom stereocenters. The first-order valence-corrected chi connectivity index (χ1v) is 10.2. The summed E-state index contributed by atoms with van der Waals surface area (Å²) in [5.41, 5.74) is 3.14. The number of carboxylic acids is 1. The SMILES string of the molecule is Cc1cn(Cc2ccc(C(=O)O)cc2)c(=O)c2cc(C#CCc3ccncc3)sc12. The monoisotopic (exact) mass is 414 g/mol. The summed E-state index contributed by atoms with van der Waals surface area (Å²) in [6.07, 6.45) is 5.97. The molecule has 0 radical (unpaired) electrons. The van der Waals surface area contributed by atoms with Gasteiger partial charge in [-0.15, -0.1) is 11.3 Å². The van der Waals surface area contributed by atoms with Gasteiger partial charge in [0.25, 0.3) is 5.56 Å². The van der Waals surface area contributed by atoms with Crippen molar-refractivity contribution in [3.05, 3.63) is 98.5 Å². The number of aryl methyl sites for hydroxylation is 1. The van der Waals surface area contributed by atoms with Crippen molar-refractivity contribution in [1.82, 2.24) is 9.55 Å². The van der Waals surface area contributed by atoms with Crippen LogP contribution in [0.2, 0.25) is 0 Å². The van der Waals surface area contributed by atoms with E-state index in [9.17, 15) is 9.59 Å². The van der Waals surface area contributed by atoms with E-state index >= 15 is 0 Å². The zero-order chi connectivity index (χ0) is 21.1. The maximum absolute atomic E-state index is 13.0. The van der Waals surface area contributed by atoms with Gasteiger partial charge in [-0.2, -0.15) is 0 Å². The number of aromatic nitrogens is 2. The predicted octanol–water partition coefficient (Wildman–Crippen LogP) is 4.11. The molecular formula is C24H18N2O3S. The summed E-state index contributed by atoms with van der Waals surface area (Å²) in [4.78, 5) is 28.9. The highest BCUT2D eigenvalue weighted by atomic mass is 32.1. The number of pyridine rings is 2. The second-order valence-corrected chi connectivity index (χ2v) is 7.99. The molecule has 0 aliphatic carbocycles. The van der Waals surface area contributed by atoms with Gasteiger partial charge < -0.3 is 9.67 Å². The van der Waals surface area contributed by atoms with E-state index in [1.54, 1.807) is 41.2 Å². The molecule has 4 aromatic rings. The largest absolute Gasteiger partial charge is 0.478 e. The van der Waals surface area contributed by atoms with Crippen molar-refractivity contribution in [2.24, 2.45) is 0 Å². The Morgan fingerprint density at radius 2 is 1.87 bits per heavy atom. The minimum absolute atomic E-state index is 0.0728. The van der Waals surface area contributed by atoms with Crippen molar-refractivity contribution in [3.63, 3.8) is 0 Å². The van der Waals surface area contributed by atoms with Gasteiger partial charge in [0.15, 0.2) is 0 Å². The zero-order valence-electron chi connectivity index (χ0n) is 16.3. The van der Waals surface area contributed by atoms with Crippen LogP contribution in [0.1, 0.15) is 31.9 Å². The van der Waals surface area contributed by atoms with Crippen LogP contribution < -0.4 is 5.56 Å². The smallest absolute Gasteiger partial charge is 0.335 e. The van der Waals surface area contributed by atoms with Gasteiger partial charge in [0.2, 0.25) is 0 Å². The molecule has 0 bridgehead atoms. The van der Waals surface area contributed by atoms with Crippen LogP contribution in [0.4, 0.5) is 0 Å². The second-order valence-electron chi connectivity index (χ2n) is 6.93. The fraction of sp³-hybridized carbons (Fsp3) is 0.125. The average Bonchev–Trinajstić information content (AvgIpc) is 3.18. The Hall–Kier alpha value is -3.69. The third-order valence-corrected chi connectivity index (χ3v) is 5.92. The molecule has 148 valence electrons. The molecule has 0 fully saturated rings. The van der Waals surface area contributed by atoms with Crippen LogP contribution in [-0.4, -0.2) is 20.6 Å². The first-order chi connectivity index (χ1) is 14.5. The fourth-order valence-corrected chi connectivity index (χ4v) is 4.20. The van der Waals surface area contributed by atoms with Gasteiger partial charge in [0.1, 0.15) is 0 Å². The van der Waals surface area contributed by atoms with Gasteiger partial charge in [-0.25, -0.2) is 4.79 Å². The first kappa shape index (κ1) is 19.6. The number of thiophene rings is 1. The lowest BCUT2D eigenvalue weighted by molar-refractivity contribution is 0.0697. The van der Waals surface area contributed by atoms with Crippen molar-refractivity contribution in [2.75, 3.05) is 0 Å². The van der Waals surface area contributed by atoms with Gasteiger partial charge in [-0.3, -0.25) is 9.78 Å². The predicted molar refractivity (Wildman–Crippen MR) is 118 cm³/mol. The van der Waals surface area contributed by atoms with Gasteiger partial charge in [0.05, 0.1) is 22.4 Å². The number of nitrogens with zero attached hydrogens (tertiary/aromatic N) is 2. The molecule has 6 heteroatoms. The molecular weight excluding hydrogens is 396 g/mol. The van der Waals surface area contributed by atoms with Crippen molar-refractivity contribution >= 4 is 27.4 Å². The normalized spacial score (nSPS) is 10.6. The summed E-state index contributed by atoms with van der Waals surface area (Å²) in [7, 11) is 0. The Morgan fingerprint density at radius 3 is 2.57 bits per heavy atom. The van der Waals surface area contributed by atoms with Crippen molar-refractivity contribution in [3.8, 4) is 11.8 Å². The number of fused-ring (bicyclic) bond motifs is 1. The summed E-state index contributed by atoms with van der Waals surface area (Å²) in [5.74, 6) is 5.36. The molecule has 0 spiro atoms. The molecule has 0 aliphatic heterocycles. The Kier molecular flexibility index (Phi) is 5.46. The lowest BCUT2D eigenvalue weighted by Gasteiger charge is -2.08. The quantitative estimate of drug-likeness (QED) is 0.510. The van der Waals surface area contributed by atoms with Crippen LogP contribution in [0.5, 0.6) is 0 Å². The number of aromatic carboxylic acids is 1. The van der Waals surface area contributed by atoms with E-state index in [1.807, 2.05) is 31.3 Å². The molecule has 0 atom stereocenters. The highest BCUT2D eigenvalue weighted by Gasteiger charge is 2.11. The van der Waals surface area contributed by atoms with E-state index in [0.29, 0.717) is 18.4 Å². The zero-order valence-corrected chi connectivity index (χ0v) is 17.1. The van der Waals surface area contributed by atoms with E-state index in [2.05, 4.69) is 16.8 Å². The van der Waals surface area contributed by atoms with Gasteiger partial charge >= 0.3 is 5.97 Å². The molecule has 5 nitrogen and oxygen atoms in total. The summed E-state index contributed by atoms with van der Waals surface area (Å²) >= 11 is 1.53. The maximum atomic E-state index is 13.0. The Balaban J connectivity index is 1.61. The van der Waals surface area contributed by atoms with Crippen molar-refractivity contribution in [2.45, 2.75) is 19.9 Å². The highest BCUT2D eigenvalue weighted by molar-refractivity contribution is 7.19. The molecule has 3 heterocycles. The summed E-state index contributed by atoms with van der Waals surface area (Å²) in [6.45, 7) is 2.37. The molecule has 4 rings (SSSR count). The van der Waals surface area contributed by atoms with Crippen molar-refractivity contribution < 1.29 is 9.90 Å². The van der Waals surface area contributed by atoms with Gasteiger partial charge in [0, 0.05) is 29.7 Å². The third-order valence-electron chi connectivity index (χ3n) is 4.74. The van der Waals surface area contributed by atoms with Gasteiger partial charge in [-0.1, -0.05) is 24.0 Å². The highest BCUT2D eigenvalue weighted by Crippen LogP contribution is 2.25. The lowest BCUT2D eigenvalue weighted by Crippen LogP contribution is -2.20. The number of carboxylic acid groups (broad SMARTS) is 1. The molecule has 1 aromatic carbocycles. The maximum Gasteiger partial charge on any atom is 0.335 e. The second kappa shape index (κ2) is 8.36. The molecule has 0 saturated heterocycles. The molecule has 0 aliphatic rings. The number of carbonyl (C=O) groups is 1. The van der Waals surface area contributed by atoms with Crippen LogP contribution >= 0.6 is 11.3 Å². The molecule has 1 N–H and O–H groups in total.